The minimum absolute atomic E-state index is 0.298. The molecule has 0 fully saturated rings. The van der Waals surface area contributed by atoms with E-state index in [4.69, 9.17) is 4.42 Å². The van der Waals surface area contributed by atoms with E-state index in [0.717, 1.165) is 62.5 Å². The lowest BCUT2D eigenvalue weighted by Gasteiger charge is -2.09. The minimum atomic E-state index is -3.60. The maximum absolute atomic E-state index is 13.1. The number of aromatic amines is 1. The molecule has 0 amide bonds. The van der Waals surface area contributed by atoms with Gasteiger partial charge in [0.15, 0.2) is 0 Å². The molecule has 0 unspecified atom stereocenters. The number of sulfonamides is 1. The number of hydrogen-bond acceptors (Lipinski definition) is 3. The summed E-state index contributed by atoms with van der Waals surface area (Å²) in [4.78, 5) is 3.89. The summed E-state index contributed by atoms with van der Waals surface area (Å²) in [5, 5.41) is 3.24. The average molecular weight is 537 g/mol. The highest BCUT2D eigenvalue weighted by atomic mass is 32.2. The van der Waals surface area contributed by atoms with Crippen LogP contribution in [0.2, 0.25) is 0 Å². The van der Waals surface area contributed by atoms with Crippen molar-refractivity contribution >= 4 is 42.9 Å². The van der Waals surface area contributed by atoms with E-state index in [1.807, 2.05) is 48.5 Å². The lowest BCUT2D eigenvalue weighted by Crippen LogP contribution is -2.26. The van der Waals surface area contributed by atoms with E-state index < -0.39 is 10.0 Å². The molecular weight excluding hydrogens is 504 g/mol. The fourth-order valence-electron chi connectivity index (χ4n) is 5.40. The fraction of sp³-hybridized carbons (Fsp3) is 0.212. The molecule has 198 valence electrons. The Bertz CT molecular complexity index is 1860. The van der Waals surface area contributed by atoms with Crippen LogP contribution in [0.3, 0.4) is 0 Å². The number of nitrogens with one attached hydrogen (secondary N) is 2. The Kier molecular flexibility index (Phi) is 6.98. The molecule has 6 aromatic rings. The van der Waals surface area contributed by atoms with Gasteiger partial charge in [-0.1, -0.05) is 68.3 Å². The molecule has 0 aliphatic heterocycles. The van der Waals surface area contributed by atoms with Crippen LogP contribution >= 0.6 is 0 Å². The van der Waals surface area contributed by atoms with Crippen LogP contribution in [-0.2, 0) is 22.9 Å². The second-order valence-electron chi connectivity index (χ2n) is 10.1. The third-order valence-electron chi connectivity index (χ3n) is 7.45. The Balaban J connectivity index is 1.26. The smallest absolute Gasteiger partial charge is 0.240 e. The maximum atomic E-state index is 13.1. The Morgan fingerprint density at radius 1 is 0.769 bits per heavy atom. The van der Waals surface area contributed by atoms with Gasteiger partial charge in [0.05, 0.1) is 4.90 Å². The number of H-pyrrole nitrogens is 1. The molecule has 4 aromatic carbocycles. The molecular formula is C33H32N2O3S. The summed E-state index contributed by atoms with van der Waals surface area (Å²) in [7, 11) is -3.60. The van der Waals surface area contributed by atoms with Gasteiger partial charge in [-0.05, 0) is 78.4 Å². The van der Waals surface area contributed by atoms with Gasteiger partial charge in [-0.25, -0.2) is 13.1 Å². The number of para-hydroxylation sites is 2. The lowest BCUT2D eigenvalue weighted by molar-refractivity contribution is 0.581. The van der Waals surface area contributed by atoms with Crippen LogP contribution in [0.1, 0.15) is 37.3 Å². The predicted molar refractivity (Wildman–Crippen MR) is 160 cm³/mol. The van der Waals surface area contributed by atoms with Gasteiger partial charge < -0.3 is 9.40 Å². The first kappa shape index (κ1) is 25.4. The summed E-state index contributed by atoms with van der Waals surface area (Å²) >= 11 is 0. The number of rotatable bonds is 10. The van der Waals surface area contributed by atoms with Crippen molar-refractivity contribution in [2.75, 3.05) is 6.54 Å². The van der Waals surface area contributed by atoms with E-state index in [9.17, 15) is 8.42 Å². The molecule has 0 radical (unpaired) electrons. The van der Waals surface area contributed by atoms with Crippen molar-refractivity contribution in [1.29, 1.82) is 0 Å². The average Bonchev–Trinajstić information content (AvgIpc) is 3.51. The van der Waals surface area contributed by atoms with Crippen molar-refractivity contribution in [3.63, 3.8) is 0 Å². The molecule has 2 aromatic heterocycles. The Morgan fingerprint density at radius 3 is 2.33 bits per heavy atom. The van der Waals surface area contributed by atoms with Gasteiger partial charge in [0.1, 0.15) is 11.2 Å². The van der Waals surface area contributed by atoms with Crippen molar-refractivity contribution in [3.8, 4) is 11.3 Å². The molecule has 0 saturated heterocycles. The zero-order chi connectivity index (χ0) is 26.8. The molecule has 2 N–H and O–H groups in total. The summed E-state index contributed by atoms with van der Waals surface area (Å²) in [6.07, 6.45) is 5.01. The molecule has 39 heavy (non-hydrogen) atoms. The summed E-state index contributed by atoms with van der Waals surface area (Å²) in [6, 6.07) is 29.7. The van der Waals surface area contributed by atoms with E-state index >= 15 is 0 Å². The topological polar surface area (TPSA) is 75.1 Å². The summed E-state index contributed by atoms with van der Waals surface area (Å²) in [6.45, 7) is 2.48. The van der Waals surface area contributed by atoms with Crippen LogP contribution in [0.25, 0.3) is 44.1 Å². The van der Waals surface area contributed by atoms with E-state index in [-0.39, 0.29) is 0 Å². The van der Waals surface area contributed by atoms with Crippen LogP contribution in [0, 0.1) is 0 Å². The number of aryl methyl sites for hydroxylation is 1. The van der Waals surface area contributed by atoms with E-state index in [1.165, 1.54) is 18.4 Å². The normalized spacial score (nSPS) is 12.1. The van der Waals surface area contributed by atoms with Crippen LogP contribution in [0.15, 0.2) is 100 Å². The SMILES string of the molecule is CCCCCc1ccc(S(=O)(=O)NCCc2c(-c3ccc4oc5ccccc5c4c3)[nH]c3ccccc23)cc1. The van der Waals surface area contributed by atoms with Crippen LogP contribution in [-0.4, -0.2) is 19.9 Å². The number of unbranched alkanes of at least 4 members (excludes halogenated alkanes) is 2. The van der Waals surface area contributed by atoms with Gasteiger partial charge in [-0.3, -0.25) is 0 Å². The van der Waals surface area contributed by atoms with E-state index in [1.54, 1.807) is 12.1 Å². The van der Waals surface area contributed by atoms with Crippen molar-refractivity contribution in [2.24, 2.45) is 0 Å². The van der Waals surface area contributed by atoms with E-state index in [2.05, 4.69) is 47.0 Å². The third kappa shape index (κ3) is 5.10. The minimum Gasteiger partial charge on any atom is -0.456 e. The van der Waals surface area contributed by atoms with E-state index in [0.29, 0.717) is 17.9 Å². The zero-order valence-electron chi connectivity index (χ0n) is 22.0. The number of hydrogen-bond donors (Lipinski definition) is 2. The Hall–Kier alpha value is -3.87. The second-order valence-corrected chi connectivity index (χ2v) is 11.8. The molecule has 0 saturated carbocycles. The van der Waals surface area contributed by atoms with Crippen molar-refractivity contribution in [3.05, 3.63) is 102 Å². The third-order valence-corrected chi connectivity index (χ3v) is 8.93. The Labute approximate surface area is 228 Å². The molecule has 6 rings (SSSR count). The lowest BCUT2D eigenvalue weighted by atomic mass is 10.0. The largest absolute Gasteiger partial charge is 0.456 e. The summed E-state index contributed by atoms with van der Waals surface area (Å²) < 4.78 is 35.0. The van der Waals surface area contributed by atoms with Crippen molar-refractivity contribution < 1.29 is 12.8 Å². The number of benzene rings is 4. The van der Waals surface area contributed by atoms with Gasteiger partial charge in [-0.15, -0.1) is 0 Å². The molecule has 0 atom stereocenters. The number of aromatic nitrogens is 1. The van der Waals surface area contributed by atoms with Crippen LogP contribution in [0.4, 0.5) is 0 Å². The molecule has 5 nitrogen and oxygen atoms in total. The van der Waals surface area contributed by atoms with Crippen LogP contribution < -0.4 is 4.72 Å². The molecule has 6 heteroatoms. The van der Waals surface area contributed by atoms with Gasteiger partial charge in [0.25, 0.3) is 0 Å². The fourth-order valence-corrected chi connectivity index (χ4v) is 6.43. The van der Waals surface area contributed by atoms with Gasteiger partial charge in [-0.2, -0.15) is 0 Å². The van der Waals surface area contributed by atoms with Crippen molar-refractivity contribution in [2.45, 2.75) is 43.9 Å². The molecule has 0 spiro atoms. The quantitative estimate of drug-likeness (QED) is 0.174. The zero-order valence-corrected chi connectivity index (χ0v) is 22.9. The maximum Gasteiger partial charge on any atom is 0.240 e. The highest BCUT2D eigenvalue weighted by molar-refractivity contribution is 7.89. The number of fused-ring (bicyclic) bond motifs is 4. The first-order valence-electron chi connectivity index (χ1n) is 13.6. The summed E-state index contributed by atoms with van der Waals surface area (Å²) in [5.74, 6) is 0. The van der Waals surface area contributed by atoms with Crippen LogP contribution in [0.5, 0.6) is 0 Å². The second kappa shape index (κ2) is 10.7. The standard InChI is InChI=1S/C33H32N2O3S/c1-2-3-4-9-23-14-17-25(18-15-23)39(36,37)34-21-20-28-26-10-5-7-12-30(26)35-33(28)24-16-19-32-29(22-24)27-11-6-8-13-31(27)38-32/h5-8,10-19,22,34-35H,2-4,9,20-21H2,1H3. The molecule has 0 bridgehead atoms. The first-order valence-corrected chi connectivity index (χ1v) is 15.1. The highest BCUT2D eigenvalue weighted by Crippen LogP contribution is 2.35. The van der Waals surface area contributed by atoms with Gasteiger partial charge in [0, 0.05) is 33.9 Å². The van der Waals surface area contributed by atoms with Gasteiger partial charge in [0.2, 0.25) is 10.0 Å². The number of furan rings is 1. The Morgan fingerprint density at radius 2 is 1.51 bits per heavy atom. The monoisotopic (exact) mass is 536 g/mol. The van der Waals surface area contributed by atoms with Crippen molar-refractivity contribution in [1.82, 2.24) is 9.71 Å². The molecule has 2 heterocycles. The predicted octanol–water partition coefficient (Wildman–Crippen LogP) is 7.99. The highest BCUT2D eigenvalue weighted by Gasteiger charge is 2.18. The van der Waals surface area contributed by atoms with Gasteiger partial charge >= 0.3 is 0 Å². The molecule has 0 aliphatic rings. The first-order chi connectivity index (χ1) is 19.0. The summed E-state index contributed by atoms with van der Waals surface area (Å²) in [5.41, 5.74) is 7.05. The molecule has 0 aliphatic carbocycles.